The first-order valence-electron chi connectivity index (χ1n) is 16.5. The van der Waals surface area contributed by atoms with Crippen molar-refractivity contribution in [2.45, 2.75) is 83.1 Å². The Morgan fingerprint density at radius 1 is 1.09 bits per heavy atom. The molecule has 4 aliphatic rings. The number of piperazine rings is 1. The second-order valence-electron chi connectivity index (χ2n) is 12.9. The molecule has 0 radical (unpaired) electrons. The number of rotatable bonds is 7. The third-order valence-electron chi connectivity index (χ3n) is 9.91. The van der Waals surface area contributed by atoms with Gasteiger partial charge < -0.3 is 29.5 Å². The first kappa shape index (κ1) is 29.3. The van der Waals surface area contributed by atoms with Gasteiger partial charge in [0.1, 0.15) is 12.4 Å². The predicted octanol–water partition coefficient (Wildman–Crippen LogP) is 3.95. The molecule has 0 aliphatic carbocycles. The number of hydrogen-bond donors (Lipinski definition) is 1. The second kappa shape index (κ2) is 12.9. The molecular formula is C33H45N9O2. The lowest BCUT2D eigenvalue weighted by Gasteiger charge is -2.35. The molecule has 0 amide bonds. The normalized spacial score (nSPS) is 24.7. The Hall–Kier alpha value is -3.46. The van der Waals surface area contributed by atoms with Gasteiger partial charge in [-0.25, -0.2) is 4.68 Å². The number of likely N-dealkylation sites (tertiary alicyclic amines) is 1. The number of hydrogen-bond acceptors (Lipinski definition) is 10. The Labute approximate surface area is 260 Å². The molecule has 1 N–H and O–H groups in total. The molecule has 11 heteroatoms. The van der Waals surface area contributed by atoms with Gasteiger partial charge in [-0.05, 0) is 77.1 Å². The molecule has 0 unspecified atom stereocenters. The summed E-state index contributed by atoms with van der Waals surface area (Å²) in [6.07, 6.45) is 10.0. The molecule has 4 aliphatic heterocycles. The standard InChI is InChI=1S/C33H45N9O2/c1-23-10-11-29-27(19-36-42(29)30-9-3-4-18-43-30)31(23)40-16-6-8-26-28(21-40)37-33(44-22-25-7-5-15-39(25)2)38-32(26)41-17-14-35-24(20-41)12-13-34/h10-11,19,24-25,30,35H,3-9,12,14-18,20-22H2,1-2H3/t24-,25-,30-/m0/s1. The Morgan fingerprint density at radius 3 is 2.84 bits per heavy atom. The Balaban J connectivity index is 1.23. The van der Waals surface area contributed by atoms with E-state index in [1.54, 1.807) is 0 Å². The second-order valence-corrected chi connectivity index (χ2v) is 12.9. The topological polar surface area (TPSA) is 108 Å². The fraction of sp³-hybridized carbons (Fsp3) is 0.636. The van der Waals surface area contributed by atoms with E-state index in [1.807, 2.05) is 6.20 Å². The monoisotopic (exact) mass is 599 g/mol. The van der Waals surface area contributed by atoms with E-state index in [2.05, 4.69) is 56.9 Å². The number of ether oxygens (including phenoxy) is 2. The van der Waals surface area contributed by atoms with Crippen molar-refractivity contribution in [1.29, 1.82) is 5.26 Å². The molecule has 3 atom stereocenters. The number of aromatic nitrogens is 4. The van der Waals surface area contributed by atoms with Crippen LogP contribution in [0, 0.1) is 18.3 Å². The smallest absolute Gasteiger partial charge is 0.318 e. The molecule has 2 aromatic heterocycles. The lowest BCUT2D eigenvalue weighted by Crippen LogP contribution is -2.51. The average Bonchev–Trinajstić information content (AvgIpc) is 3.60. The SMILES string of the molecule is Cc1ccc2c(cnn2[C@@H]2CCCCO2)c1N1CCCc2c(nc(OC[C@@H]3CCCN3C)nc2N2CCN[C@@H](CC#N)C2)C1. The van der Waals surface area contributed by atoms with Crippen LogP contribution in [-0.2, 0) is 17.7 Å². The highest BCUT2D eigenvalue weighted by atomic mass is 16.5. The number of fused-ring (bicyclic) bond motifs is 2. The van der Waals surface area contributed by atoms with E-state index in [0.29, 0.717) is 31.6 Å². The zero-order chi connectivity index (χ0) is 30.0. The van der Waals surface area contributed by atoms with Crippen LogP contribution in [0.3, 0.4) is 0 Å². The maximum atomic E-state index is 9.38. The summed E-state index contributed by atoms with van der Waals surface area (Å²) in [5, 5.41) is 18.9. The van der Waals surface area contributed by atoms with Crippen molar-refractivity contribution in [2.75, 3.05) is 62.8 Å². The van der Waals surface area contributed by atoms with Gasteiger partial charge in [0.25, 0.3) is 0 Å². The number of nitrogens with one attached hydrogen (secondary N) is 1. The fourth-order valence-electron chi connectivity index (χ4n) is 7.51. The molecule has 0 bridgehead atoms. The number of aryl methyl sites for hydroxylation is 1. The highest BCUT2D eigenvalue weighted by Gasteiger charge is 2.30. The average molecular weight is 600 g/mol. The molecule has 6 heterocycles. The molecule has 0 saturated carbocycles. The molecule has 1 aromatic carbocycles. The first-order chi connectivity index (χ1) is 21.6. The van der Waals surface area contributed by atoms with Gasteiger partial charge in [-0.3, -0.25) is 0 Å². The molecule has 11 nitrogen and oxygen atoms in total. The minimum absolute atomic E-state index is 0.000485. The van der Waals surface area contributed by atoms with Crippen LogP contribution in [0.1, 0.15) is 68.0 Å². The highest BCUT2D eigenvalue weighted by Crippen LogP contribution is 2.37. The van der Waals surface area contributed by atoms with Crippen molar-refractivity contribution in [1.82, 2.24) is 30.0 Å². The molecule has 44 heavy (non-hydrogen) atoms. The number of anilines is 2. The maximum absolute atomic E-state index is 9.38. The number of likely N-dealkylation sites (N-methyl/N-ethyl adjacent to an activating group) is 1. The van der Waals surface area contributed by atoms with Crippen LogP contribution in [0.15, 0.2) is 18.3 Å². The minimum Gasteiger partial charge on any atom is -0.462 e. The Bertz CT molecular complexity index is 1510. The van der Waals surface area contributed by atoms with Crippen molar-refractivity contribution in [3.05, 3.63) is 35.2 Å². The number of benzene rings is 1. The lowest BCUT2D eigenvalue weighted by atomic mass is 10.1. The van der Waals surface area contributed by atoms with Gasteiger partial charge in [-0.2, -0.15) is 20.3 Å². The summed E-state index contributed by atoms with van der Waals surface area (Å²) < 4.78 is 14.6. The predicted molar refractivity (Wildman–Crippen MR) is 170 cm³/mol. The van der Waals surface area contributed by atoms with Crippen LogP contribution in [0.2, 0.25) is 0 Å². The quantitative estimate of drug-likeness (QED) is 0.429. The van der Waals surface area contributed by atoms with Crippen LogP contribution < -0.4 is 19.9 Å². The molecule has 0 spiro atoms. The van der Waals surface area contributed by atoms with Crippen molar-refractivity contribution in [2.24, 2.45) is 0 Å². The van der Waals surface area contributed by atoms with Gasteiger partial charge in [0.05, 0.1) is 42.1 Å². The number of nitriles is 1. The van der Waals surface area contributed by atoms with Crippen molar-refractivity contribution in [3.63, 3.8) is 0 Å². The molecule has 3 fully saturated rings. The van der Waals surface area contributed by atoms with Crippen molar-refractivity contribution in [3.8, 4) is 12.1 Å². The van der Waals surface area contributed by atoms with Gasteiger partial charge in [0.2, 0.25) is 0 Å². The zero-order valence-corrected chi connectivity index (χ0v) is 26.2. The third kappa shape index (κ3) is 5.83. The Kier molecular flexibility index (Phi) is 8.56. The molecule has 7 rings (SSSR count). The van der Waals surface area contributed by atoms with E-state index >= 15 is 0 Å². The van der Waals surface area contributed by atoms with E-state index in [0.717, 1.165) is 88.5 Å². The third-order valence-corrected chi connectivity index (χ3v) is 9.91. The summed E-state index contributed by atoms with van der Waals surface area (Å²) in [5.41, 5.74) is 5.84. The summed E-state index contributed by atoms with van der Waals surface area (Å²) >= 11 is 0. The Morgan fingerprint density at radius 2 is 2.02 bits per heavy atom. The van der Waals surface area contributed by atoms with Crippen molar-refractivity contribution >= 4 is 22.4 Å². The van der Waals surface area contributed by atoms with Crippen LogP contribution >= 0.6 is 0 Å². The van der Waals surface area contributed by atoms with Gasteiger partial charge in [-0.1, -0.05) is 6.07 Å². The van der Waals surface area contributed by atoms with E-state index in [4.69, 9.17) is 24.5 Å². The van der Waals surface area contributed by atoms with Crippen LogP contribution in [0.4, 0.5) is 11.5 Å². The zero-order valence-electron chi connectivity index (χ0n) is 26.2. The maximum Gasteiger partial charge on any atom is 0.318 e. The highest BCUT2D eigenvalue weighted by molar-refractivity contribution is 5.94. The lowest BCUT2D eigenvalue weighted by molar-refractivity contribution is -0.0366. The van der Waals surface area contributed by atoms with Gasteiger partial charge in [0, 0.05) is 55.8 Å². The molecular weight excluding hydrogens is 554 g/mol. The molecule has 3 aromatic rings. The van der Waals surface area contributed by atoms with E-state index < -0.39 is 0 Å². The molecule has 3 saturated heterocycles. The van der Waals surface area contributed by atoms with Gasteiger partial charge in [-0.15, -0.1) is 0 Å². The van der Waals surface area contributed by atoms with Crippen LogP contribution in [0.5, 0.6) is 6.01 Å². The fourth-order valence-corrected chi connectivity index (χ4v) is 7.51. The van der Waals surface area contributed by atoms with Gasteiger partial charge >= 0.3 is 6.01 Å². The van der Waals surface area contributed by atoms with Crippen molar-refractivity contribution < 1.29 is 9.47 Å². The molecule has 234 valence electrons. The van der Waals surface area contributed by atoms with E-state index in [-0.39, 0.29) is 12.3 Å². The summed E-state index contributed by atoms with van der Waals surface area (Å²) in [4.78, 5) is 17.4. The van der Waals surface area contributed by atoms with Crippen LogP contribution in [-0.4, -0.2) is 89.7 Å². The van der Waals surface area contributed by atoms with Gasteiger partial charge in [0.15, 0.2) is 6.23 Å². The largest absolute Gasteiger partial charge is 0.462 e. The first-order valence-corrected chi connectivity index (χ1v) is 16.5. The number of nitrogens with zero attached hydrogens (tertiary/aromatic N) is 8. The summed E-state index contributed by atoms with van der Waals surface area (Å²) in [6, 6.07) is 7.74. The van der Waals surface area contributed by atoms with E-state index in [1.165, 1.54) is 35.0 Å². The minimum atomic E-state index is -0.000485. The summed E-state index contributed by atoms with van der Waals surface area (Å²) in [7, 11) is 2.17. The van der Waals surface area contributed by atoms with E-state index in [9.17, 15) is 5.26 Å². The van der Waals surface area contributed by atoms with Crippen LogP contribution in [0.25, 0.3) is 10.9 Å². The summed E-state index contributed by atoms with van der Waals surface area (Å²) in [6.45, 7) is 8.73. The summed E-state index contributed by atoms with van der Waals surface area (Å²) in [5.74, 6) is 0.980.